The fourth-order valence-electron chi connectivity index (χ4n) is 1.76. The van der Waals surface area contributed by atoms with Gasteiger partial charge >= 0.3 is 5.97 Å². The molecule has 0 saturated carbocycles. The van der Waals surface area contributed by atoms with Gasteiger partial charge in [0.25, 0.3) is 5.91 Å². The number of oxazole rings is 1. The molecular weight excluding hydrogens is 276 g/mol. The zero-order valence-corrected chi connectivity index (χ0v) is 12.2. The lowest BCUT2D eigenvalue weighted by atomic mass is 10.2. The van der Waals surface area contributed by atoms with Crippen LogP contribution in [0.15, 0.2) is 16.8 Å². The van der Waals surface area contributed by atoms with E-state index in [-0.39, 0.29) is 11.6 Å². The highest BCUT2D eigenvalue weighted by atomic mass is 16.4. The third kappa shape index (κ3) is 2.78. The summed E-state index contributed by atoms with van der Waals surface area (Å²) in [5, 5.41) is 13.0. The number of nitrogens with zero attached hydrogens (tertiary/aromatic N) is 4. The molecule has 2 aromatic heterocycles. The van der Waals surface area contributed by atoms with Crippen molar-refractivity contribution in [1.29, 1.82) is 0 Å². The SMILES string of the molecule is Cc1oc(-c2cnn(C)c2)nc1C(=O)N(C)C(C)C(=O)O. The molecule has 0 saturated heterocycles. The van der Waals surface area contributed by atoms with E-state index >= 15 is 0 Å². The highest BCUT2D eigenvalue weighted by Crippen LogP contribution is 2.22. The first-order valence-corrected chi connectivity index (χ1v) is 6.27. The van der Waals surface area contributed by atoms with E-state index in [0.717, 1.165) is 4.90 Å². The molecule has 8 nitrogen and oxygen atoms in total. The monoisotopic (exact) mass is 292 g/mol. The number of carboxylic acids is 1. The van der Waals surface area contributed by atoms with Crippen LogP contribution >= 0.6 is 0 Å². The van der Waals surface area contributed by atoms with Crippen LogP contribution in [0.1, 0.15) is 23.2 Å². The van der Waals surface area contributed by atoms with Gasteiger partial charge in [-0.1, -0.05) is 0 Å². The molecule has 21 heavy (non-hydrogen) atoms. The average Bonchev–Trinajstić information content (AvgIpc) is 3.02. The smallest absolute Gasteiger partial charge is 0.326 e. The van der Waals surface area contributed by atoms with Crippen molar-refractivity contribution in [3.8, 4) is 11.5 Å². The van der Waals surface area contributed by atoms with E-state index < -0.39 is 17.9 Å². The number of carbonyl (C=O) groups excluding carboxylic acids is 1. The number of aryl methyl sites for hydroxylation is 2. The molecule has 0 radical (unpaired) electrons. The molecule has 0 aromatic carbocycles. The van der Waals surface area contributed by atoms with Crippen molar-refractivity contribution < 1.29 is 19.1 Å². The van der Waals surface area contributed by atoms with Gasteiger partial charge in [0.15, 0.2) is 5.69 Å². The van der Waals surface area contributed by atoms with E-state index in [1.165, 1.54) is 14.0 Å². The molecule has 8 heteroatoms. The summed E-state index contributed by atoms with van der Waals surface area (Å²) in [6.07, 6.45) is 3.28. The van der Waals surface area contributed by atoms with Gasteiger partial charge in [0.1, 0.15) is 11.8 Å². The van der Waals surface area contributed by atoms with Crippen molar-refractivity contribution in [2.45, 2.75) is 19.9 Å². The minimum Gasteiger partial charge on any atom is -0.480 e. The van der Waals surface area contributed by atoms with Crippen molar-refractivity contribution in [2.24, 2.45) is 7.05 Å². The van der Waals surface area contributed by atoms with Crippen LogP contribution in [-0.4, -0.2) is 49.7 Å². The first kappa shape index (κ1) is 14.8. The largest absolute Gasteiger partial charge is 0.480 e. The minimum atomic E-state index is -1.08. The van der Waals surface area contributed by atoms with Gasteiger partial charge in [0.05, 0.1) is 11.8 Å². The maximum atomic E-state index is 12.3. The average molecular weight is 292 g/mol. The molecule has 112 valence electrons. The molecule has 1 unspecified atom stereocenters. The quantitative estimate of drug-likeness (QED) is 0.899. The maximum absolute atomic E-state index is 12.3. The van der Waals surface area contributed by atoms with Crippen molar-refractivity contribution in [2.75, 3.05) is 7.05 Å². The topological polar surface area (TPSA) is 101 Å². The van der Waals surface area contributed by atoms with Crippen molar-refractivity contribution in [3.05, 3.63) is 23.8 Å². The molecule has 2 heterocycles. The number of amides is 1. The van der Waals surface area contributed by atoms with Crippen LogP contribution in [0.4, 0.5) is 0 Å². The van der Waals surface area contributed by atoms with Crippen LogP contribution in [-0.2, 0) is 11.8 Å². The van der Waals surface area contributed by atoms with E-state index in [1.54, 1.807) is 31.0 Å². The van der Waals surface area contributed by atoms with Gasteiger partial charge in [-0.3, -0.25) is 9.48 Å². The summed E-state index contributed by atoms with van der Waals surface area (Å²) in [5.74, 6) is -0.968. The number of likely N-dealkylation sites (N-methyl/N-ethyl adjacent to an activating group) is 1. The molecule has 0 aliphatic heterocycles. The summed E-state index contributed by atoms with van der Waals surface area (Å²) in [7, 11) is 3.17. The molecule has 1 atom stereocenters. The Morgan fingerprint density at radius 1 is 1.48 bits per heavy atom. The van der Waals surface area contributed by atoms with Gasteiger partial charge < -0.3 is 14.4 Å². The molecule has 0 bridgehead atoms. The van der Waals surface area contributed by atoms with E-state index in [1.807, 2.05) is 0 Å². The fraction of sp³-hybridized carbons (Fsp3) is 0.385. The number of rotatable bonds is 4. The summed E-state index contributed by atoms with van der Waals surface area (Å²) < 4.78 is 7.06. The van der Waals surface area contributed by atoms with Crippen LogP contribution < -0.4 is 0 Å². The number of carbonyl (C=O) groups is 2. The van der Waals surface area contributed by atoms with Crippen LogP contribution in [0.25, 0.3) is 11.5 Å². The Kier molecular flexibility index (Phi) is 3.79. The summed E-state index contributed by atoms with van der Waals surface area (Å²) in [4.78, 5) is 28.5. The highest BCUT2D eigenvalue weighted by Gasteiger charge is 2.27. The van der Waals surface area contributed by atoms with E-state index in [2.05, 4.69) is 10.1 Å². The number of aliphatic carboxylic acids is 1. The Bertz CT molecular complexity index is 688. The Labute approximate surface area is 121 Å². The minimum absolute atomic E-state index is 0.101. The van der Waals surface area contributed by atoms with Crippen molar-refractivity contribution in [3.63, 3.8) is 0 Å². The lowest BCUT2D eigenvalue weighted by molar-refractivity contribution is -0.141. The van der Waals surface area contributed by atoms with Crippen LogP contribution in [0.5, 0.6) is 0 Å². The van der Waals surface area contributed by atoms with Crippen LogP contribution in [0, 0.1) is 6.92 Å². The second-order valence-electron chi connectivity index (χ2n) is 4.76. The molecule has 0 spiro atoms. The normalized spacial score (nSPS) is 12.2. The zero-order chi connectivity index (χ0) is 15.7. The molecular formula is C13H16N4O4. The van der Waals surface area contributed by atoms with Gasteiger partial charge in [-0.05, 0) is 13.8 Å². The van der Waals surface area contributed by atoms with Gasteiger partial charge in [0, 0.05) is 20.3 Å². The molecule has 2 rings (SSSR count). The first-order valence-electron chi connectivity index (χ1n) is 6.27. The van der Waals surface area contributed by atoms with Gasteiger partial charge in [-0.15, -0.1) is 0 Å². The molecule has 0 aliphatic rings. The summed E-state index contributed by atoms with van der Waals surface area (Å²) in [6.45, 7) is 3.04. The van der Waals surface area contributed by atoms with Crippen LogP contribution in [0.2, 0.25) is 0 Å². The summed E-state index contributed by atoms with van der Waals surface area (Å²) in [6, 6.07) is -0.949. The Balaban J connectivity index is 2.31. The molecule has 1 amide bonds. The Hall–Kier alpha value is -2.64. The Morgan fingerprint density at radius 2 is 2.14 bits per heavy atom. The lowest BCUT2D eigenvalue weighted by Gasteiger charge is -2.20. The third-order valence-electron chi connectivity index (χ3n) is 3.21. The van der Waals surface area contributed by atoms with E-state index in [9.17, 15) is 9.59 Å². The number of aromatic nitrogens is 3. The molecule has 0 aliphatic carbocycles. The zero-order valence-electron chi connectivity index (χ0n) is 12.2. The lowest BCUT2D eigenvalue weighted by Crippen LogP contribution is -2.40. The molecule has 1 N–H and O–H groups in total. The first-order chi connectivity index (χ1) is 9.81. The van der Waals surface area contributed by atoms with Gasteiger partial charge in [-0.2, -0.15) is 5.10 Å². The third-order valence-corrected chi connectivity index (χ3v) is 3.21. The Morgan fingerprint density at radius 3 is 2.67 bits per heavy atom. The summed E-state index contributed by atoms with van der Waals surface area (Å²) in [5.41, 5.74) is 0.748. The predicted molar refractivity (Wildman–Crippen MR) is 72.6 cm³/mol. The maximum Gasteiger partial charge on any atom is 0.326 e. The van der Waals surface area contributed by atoms with E-state index in [0.29, 0.717) is 11.3 Å². The standard InChI is InChI=1S/C13H16N4O4/c1-7(13(19)20)17(4)12(18)10-8(2)21-11(15-10)9-5-14-16(3)6-9/h5-7H,1-4H3,(H,19,20). The number of carboxylic acid groups (broad SMARTS) is 1. The van der Waals surface area contributed by atoms with Crippen LogP contribution in [0.3, 0.4) is 0 Å². The van der Waals surface area contributed by atoms with Crippen molar-refractivity contribution in [1.82, 2.24) is 19.7 Å². The highest BCUT2D eigenvalue weighted by molar-refractivity contribution is 5.95. The second-order valence-corrected chi connectivity index (χ2v) is 4.76. The fourth-order valence-corrected chi connectivity index (χ4v) is 1.76. The number of hydrogen-bond acceptors (Lipinski definition) is 5. The second kappa shape index (κ2) is 5.39. The molecule has 2 aromatic rings. The molecule has 0 fully saturated rings. The summed E-state index contributed by atoms with van der Waals surface area (Å²) >= 11 is 0. The predicted octanol–water partition coefficient (Wildman–Crippen LogP) is 0.929. The van der Waals surface area contributed by atoms with Crippen molar-refractivity contribution >= 4 is 11.9 Å². The van der Waals surface area contributed by atoms with Gasteiger partial charge in [-0.25, -0.2) is 9.78 Å². The van der Waals surface area contributed by atoms with Gasteiger partial charge in [0.2, 0.25) is 5.89 Å². The van der Waals surface area contributed by atoms with E-state index in [4.69, 9.17) is 9.52 Å². The number of hydrogen-bond donors (Lipinski definition) is 1.